The molecule has 1 heterocycles. The second kappa shape index (κ2) is 8.78. The van der Waals surface area contributed by atoms with Gasteiger partial charge >= 0.3 is 0 Å². The summed E-state index contributed by atoms with van der Waals surface area (Å²) < 4.78 is 11.5. The van der Waals surface area contributed by atoms with Crippen LogP contribution in [0.3, 0.4) is 0 Å². The number of carbonyl (C=O) groups excluding carboxylic acids is 2. The van der Waals surface area contributed by atoms with Crippen LogP contribution in [0.25, 0.3) is 0 Å². The van der Waals surface area contributed by atoms with Crippen LogP contribution in [-0.2, 0) is 4.79 Å². The predicted octanol–water partition coefficient (Wildman–Crippen LogP) is 2.71. The van der Waals surface area contributed by atoms with Gasteiger partial charge in [0.05, 0.1) is 6.54 Å². The fourth-order valence-corrected chi connectivity index (χ4v) is 3.03. The quantitative estimate of drug-likeness (QED) is 0.805. The Kier molecular flexibility index (Phi) is 6.19. The van der Waals surface area contributed by atoms with E-state index in [1.54, 1.807) is 12.1 Å². The van der Waals surface area contributed by atoms with Crippen molar-refractivity contribution in [1.82, 2.24) is 10.6 Å². The van der Waals surface area contributed by atoms with E-state index in [-0.39, 0.29) is 23.8 Å². The normalized spacial score (nSPS) is 16.4. The lowest BCUT2D eigenvalue weighted by molar-refractivity contribution is -0.124. The highest BCUT2D eigenvalue weighted by Gasteiger charge is 2.27. The average molecular weight is 382 g/mol. The molecule has 2 aromatic carbocycles. The molecule has 1 aliphatic heterocycles. The number of carbonyl (C=O) groups is 2. The minimum absolute atomic E-state index is 0.0574. The second-order valence-corrected chi connectivity index (χ2v) is 7.31. The number of aryl methyl sites for hydroxylation is 1. The maximum absolute atomic E-state index is 12.7. The van der Waals surface area contributed by atoms with E-state index in [0.717, 1.165) is 5.56 Å². The number of rotatable bonds is 6. The zero-order chi connectivity index (χ0) is 20.1. The molecule has 3 rings (SSSR count). The summed E-state index contributed by atoms with van der Waals surface area (Å²) in [6, 6.07) is 14.1. The molecule has 1 aliphatic rings. The fourth-order valence-electron chi connectivity index (χ4n) is 3.03. The Morgan fingerprint density at radius 1 is 1.11 bits per heavy atom. The monoisotopic (exact) mass is 382 g/mol. The Hall–Kier alpha value is -3.02. The number of nitrogens with one attached hydrogen (secondary N) is 2. The molecule has 2 atom stereocenters. The number of fused-ring (bicyclic) bond motifs is 1. The Labute approximate surface area is 165 Å². The first-order valence-corrected chi connectivity index (χ1v) is 9.48. The van der Waals surface area contributed by atoms with Crippen molar-refractivity contribution in [3.63, 3.8) is 0 Å². The number of ether oxygens (including phenoxy) is 2. The highest BCUT2D eigenvalue weighted by Crippen LogP contribution is 2.30. The van der Waals surface area contributed by atoms with Gasteiger partial charge in [-0.1, -0.05) is 43.7 Å². The van der Waals surface area contributed by atoms with Crippen molar-refractivity contribution in [2.24, 2.45) is 5.92 Å². The Balaban J connectivity index is 1.57. The molecule has 0 fully saturated rings. The van der Waals surface area contributed by atoms with E-state index in [0.29, 0.717) is 30.2 Å². The standard InChI is InChI=1S/C22H26N2O4/c1-14(2)20(24-21(25)16-8-6-7-15(3)11-16)22(26)23-12-17-13-27-18-9-4-5-10-19(18)28-17/h4-11,14,17,20H,12-13H2,1-3H3,(H,23,26)(H,24,25)/t17-,20+/m1/s1. The molecule has 6 nitrogen and oxygen atoms in total. The van der Waals surface area contributed by atoms with Crippen molar-refractivity contribution in [3.8, 4) is 11.5 Å². The topological polar surface area (TPSA) is 76.7 Å². The molecule has 2 aromatic rings. The minimum Gasteiger partial charge on any atom is -0.486 e. The zero-order valence-electron chi connectivity index (χ0n) is 16.4. The molecule has 0 bridgehead atoms. The summed E-state index contributed by atoms with van der Waals surface area (Å²) >= 11 is 0. The summed E-state index contributed by atoms with van der Waals surface area (Å²) in [5.41, 5.74) is 1.53. The molecule has 0 spiro atoms. The van der Waals surface area contributed by atoms with Crippen molar-refractivity contribution in [2.45, 2.75) is 32.9 Å². The van der Waals surface area contributed by atoms with Crippen molar-refractivity contribution in [2.75, 3.05) is 13.2 Å². The first kappa shape index (κ1) is 19.7. The average Bonchev–Trinajstić information content (AvgIpc) is 2.69. The number of hydrogen-bond donors (Lipinski definition) is 2. The smallest absolute Gasteiger partial charge is 0.251 e. The predicted molar refractivity (Wildman–Crippen MR) is 107 cm³/mol. The molecule has 28 heavy (non-hydrogen) atoms. The summed E-state index contributed by atoms with van der Waals surface area (Å²) in [6.07, 6.45) is -0.279. The highest BCUT2D eigenvalue weighted by molar-refractivity contribution is 5.97. The summed E-state index contributed by atoms with van der Waals surface area (Å²) in [5.74, 6) is 0.817. The lowest BCUT2D eigenvalue weighted by Gasteiger charge is -2.28. The van der Waals surface area contributed by atoms with Crippen molar-refractivity contribution in [1.29, 1.82) is 0 Å². The molecule has 0 aliphatic carbocycles. The highest BCUT2D eigenvalue weighted by atomic mass is 16.6. The van der Waals surface area contributed by atoms with Crippen LogP contribution in [0.2, 0.25) is 0 Å². The van der Waals surface area contributed by atoms with Gasteiger partial charge in [-0.2, -0.15) is 0 Å². The molecular weight excluding hydrogens is 356 g/mol. The number of amides is 2. The second-order valence-electron chi connectivity index (χ2n) is 7.31. The molecule has 0 saturated carbocycles. The van der Waals surface area contributed by atoms with Gasteiger partial charge in [0.1, 0.15) is 18.8 Å². The molecule has 0 unspecified atom stereocenters. The molecule has 6 heteroatoms. The van der Waals surface area contributed by atoms with Gasteiger partial charge in [0.2, 0.25) is 5.91 Å². The maximum atomic E-state index is 12.7. The lowest BCUT2D eigenvalue weighted by Crippen LogP contribution is -2.52. The van der Waals surface area contributed by atoms with Gasteiger partial charge in [-0.15, -0.1) is 0 Å². The van der Waals surface area contributed by atoms with Crippen LogP contribution in [-0.4, -0.2) is 37.1 Å². The van der Waals surface area contributed by atoms with E-state index in [2.05, 4.69) is 10.6 Å². The van der Waals surface area contributed by atoms with Crippen LogP contribution in [0, 0.1) is 12.8 Å². The largest absolute Gasteiger partial charge is 0.486 e. The van der Waals surface area contributed by atoms with Gasteiger partial charge in [-0.05, 0) is 37.1 Å². The van der Waals surface area contributed by atoms with Crippen LogP contribution in [0.5, 0.6) is 11.5 Å². The van der Waals surface area contributed by atoms with Crippen molar-refractivity contribution >= 4 is 11.8 Å². The third-order valence-electron chi connectivity index (χ3n) is 4.59. The Morgan fingerprint density at radius 3 is 2.57 bits per heavy atom. The fraction of sp³-hybridized carbons (Fsp3) is 0.364. The minimum atomic E-state index is -0.634. The van der Waals surface area contributed by atoms with Crippen molar-refractivity contribution in [3.05, 3.63) is 59.7 Å². The van der Waals surface area contributed by atoms with E-state index in [1.807, 2.05) is 57.2 Å². The molecule has 2 N–H and O–H groups in total. The summed E-state index contributed by atoms with van der Waals surface area (Å²) in [6.45, 7) is 6.39. The van der Waals surface area contributed by atoms with Gasteiger partial charge in [0.25, 0.3) is 5.91 Å². The number of benzene rings is 2. The molecule has 0 aromatic heterocycles. The van der Waals surface area contributed by atoms with E-state index in [1.165, 1.54) is 0 Å². The summed E-state index contributed by atoms with van der Waals surface area (Å²) in [4.78, 5) is 25.2. The molecule has 0 saturated heterocycles. The first-order chi connectivity index (χ1) is 13.4. The third kappa shape index (κ3) is 4.82. The SMILES string of the molecule is Cc1cccc(C(=O)N[C@H](C(=O)NC[C@@H]2COc3ccccc3O2)C(C)C)c1. The summed E-state index contributed by atoms with van der Waals surface area (Å²) in [5, 5.41) is 5.71. The third-order valence-corrected chi connectivity index (χ3v) is 4.59. The van der Waals surface area contributed by atoms with Crippen LogP contribution >= 0.6 is 0 Å². The van der Waals surface area contributed by atoms with E-state index in [4.69, 9.17) is 9.47 Å². The number of hydrogen-bond acceptors (Lipinski definition) is 4. The van der Waals surface area contributed by atoms with Gasteiger partial charge < -0.3 is 20.1 Å². The van der Waals surface area contributed by atoms with Crippen molar-refractivity contribution < 1.29 is 19.1 Å². The summed E-state index contributed by atoms with van der Waals surface area (Å²) in [7, 11) is 0. The molecule has 0 radical (unpaired) electrons. The van der Waals surface area contributed by atoms with Gasteiger partial charge in [0.15, 0.2) is 11.5 Å². The molecule has 2 amide bonds. The van der Waals surface area contributed by atoms with Gasteiger partial charge in [0, 0.05) is 5.56 Å². The Morgan fingerprint density at radius 2 is 1.86 bits per heavy atom. The van der Waals surface area contributed by atoms with E-state index in [9.17, 15) is 9.59 Å². The van der Waals surface area contributed by atoms with E-state index < -0.39 is 6.04 Å². The zero-order valence-corrected chi connectivity index (χ0v) is 16.4. The Bertz CT molecular complexity index is 850. The van der Waals surface area contributed by atoms with Gasteiger partial charge in [-0.25, -0.2) is 0 Å². The maximum Gasteiger partial charge on any atom is 0.251 e. The molecule has 148 valence electrons. The van der Waals surface area contributed by atoms with Crippen LogP contribution in [0.1, 0.15) is 29.8 Å². The number of para-hydroxylation sites is 2. The molecular formula is C22H26N2O4. The lowest BCUT2D eigenvalue weighted by atomic mass is 10.0. The van der Waals surface area contributed by atoms with E-state index >= 15 is 0 Å². The van der Waals surface area contributed by atoms with Crippen LogP contribution < -0.4 is 20.1 Å². The van der Waals surface area contributed by atoms with Crippen LogP contribution in [0.4, 0.5) is 0 Å². The van der Waals surface area contributed by atoms with Gasteiger partial charge in [-0.3, -0.25) is 9.59 Å². The van der Waals surface area contributed by atoms with Crippen LogP contribution in [0.15, 0.2) is 48.5 Å². The first-order valence-electron chi connectivity index (χ1n) is 9.48.